The highest BCUT2D eigenvalue weighted by molar-refractivity contribution is 5.84. The third kappa shape index (κ3) is 10.2. The second-order valence-electron chi connectivity index (χ2n) is 18.9. The average Bonchev–Trinajstić information content (AvgIpc) is 3.50. The molecule has 11 aromatic rings. The van der Waals surface area contributed by atoms with Crippen LogP contribution in [0.4, 0.5) is 62.6 Å². The van der Waals surface area contributed by atoms with E-state index < -0.39 is 0 Å². The SMILES string of the molecule is C1=CC(N(c2ccccc2)c2ccc(-c3ccc(N(c4ccccc4)c4ccccc4)cc3)cc2)CC=C1c1ccc(N(c2ccccc2)c2ccc(-c3ccc(N(c4ccccc4)c4ccccc4)cc3)cc2)cc1. The molecular formula is C72H56N4. The van der Waals surface area contributed by atoms with Crippen LogP contribution in [0.3, 0.4) is 0 Å². The van der Waals surface area contributed by atoms with Crippen LogP contribution in [0.5, 0.6) is 0 Å². The predicted octanol–water partition coefficient (Wildman–Crippen LogP) is 20.0. The van der Waals surface area contributed by atoms with Crippen LogP contribution in [0, 0.1) is 0 Å². The number of benzene rings is 11. The van der Waals surface area contributed by atoms with E-state index in [2.05, 4.69) is 341 Å². The number of hydrogen-bond donors (Lipinski definition) is 0. The Morgan fingerprint density at radius 1 is 0.224 bits per heavy atom. The molecule has 4 nitrogen and oxygen atoms in total. The first-order chi connectivity index (χ1) is 37.7. The number of hydrogen-bond acceptors (Lipinski definition) is 4. The van der Waals surface area contributed by atoms with E-state index in [9.17, 15) is 0 Å². The highest BCUT2D eigenvalue weighted by atomic mass is 15.2. The summed E-state index contributed by atoms with van der Waals surface area (Å²) in [6.07, 6.45) is 7.92. The third-order valence-electron chi connectivity index (χ3n) is 14.2. The molecule has 4 heteroatoms. The molecule has 1 atom stereocenters. The van der Waals surface area contributed by atoms with E-state index in [1.807, 2.05) is 0 Å². The molecule has 0 amide bonds. The molecule has 1 unspecified atom stereocenters. The molecule has 12 rings (SSSR count). The number of anilines is 11. The number of rotatable bonds is 15. The Morgan fingerprint density at radius 3 is 0.711 bits per heavy atom. The first-order valence-corrected chi connectivity index (χ1v) is 26.1. The molecule has 0 saturated heterocycles. The van der Waals surface area contributed by atoms with Gasteiger partial charge in [0.2, 0.25) is 0 Å². The van der Waals surface area contributed by atoms with Gasteiger partial charge < -0.3 is 19.6 Å². The Hall–Kier alpha value is -9.90. The minimum absolute atomic E-state index is 0.144. The second kappa shape index (κ2) is 22.1. The molecule has 0 bridgehead atoms. The van der Waals surface area contributed by atoms with Gasteiger partial charge in [0.1, 0.15) is 0 Å². The standard InChI is InChI=1S/C72H56N4/c1-7-19-61(20-8-1)73(62-21-9-2-10-22-62)67-43-31-55(32-44-67)57-35-47-69(48-36-57)75(65-27-15-5-16-28-65)71-51-39-59(40-52-71)60-41-53-72(54-42-60)76(66-29-17-6-18-30-66)70-49-37-58(38-50-70)56-33-45-68(46-34-56)74(63-23-11-3-12-24-63)64-25-13-4-14-26-64/h1-53,72H,54H2. The van der Waals surface area contributed by atoms with E-state index in [0.717, 1.165) is 63.3 Å². The van der Waals surface area contributed by atoms with Crippen LogP contribution >= 0.6 is 0 Å². The molecule has 0 saturated carbocycles. The molecule has 0 N–H and O–H groups in total. The molecule has 0 fully saturated rings. The Bertz CT molecular complexity index is 3580. The lowest BCUT2D eigenvalue weighted by Gasteiger charge is -2.33. The fraction of sp³-hybridized carbons (Fsp3) is 0.0278. The van der Waals surface area contributed by atoms with Crippen molar-refractivity contribution in [3.05, 3.63) is 327 Å². The topological polar surface area (TPSA) is 13.0 Å². The molecule has 0 radical (unpaired) electrons. The lowest BCUT2D eigenvalue weighted by Crippen LogP contribution is -2.30. The summed E-state index contributed by atoms with van der Waals surface area (Å²) in [5, 5.41) is 0. The summed E-state index contributed by atoms with van der Waals surface area (Å²) < 4.78 is 0. The van der Waals surface area contributed by atoms with Crippen LogP contribution in [0.2, 0.25) is 0 Å². The lowest BCUT2D eigenvalue weighted by molar-refractivity contribution is 0.787. The summed E-state index contributed by atoms with van der Waals surface area (Å²) in [6, 6.07) is 108. The first kappa shape index (κ1) is 47.1. The van der Waals surface area contributed by atoms with Crippen molar-refractivity contribution in [2.45, 2.75) is 12.5 Å². The zero-order valence-electron chi connectivity index (χ0n) is 42.2. The highest BCUT2D eigenvalue weighted by Crippen LogP contribution is 2.41. The maximum Gasteiger partial charge on any atom is 0.0560 e. The molecule has 364 valence electrons. The molecule has 0 aromatic heterocycles. The summed E-state index contributed by atoms with van der Waals surface area (Å²) in [5.74, 6) is 0. The molecular weight excluding hydrogens is 921 g/mol. The van der Waals surface area contributed by atoms with Crippen LogP contribution in [0.1, 0.15) is 12.0 Å². The van der Waals surface area contributed by atoms with Gasteiger partial charge in [-0.1, -0.05) is 188 Å². The van der Waals surface area contributed by atoms with Gasteiger partial charge in [-0.05, 0) is 173 Å². The number of allylic oxidation sites excluding steroid dienone is 2. The van der Waals surface area contributed by atoms with Crippen molar-refractivity contribution < 1.29 is 0 Å². The van der Waals surface area contributed by atoms with Gasteiger partial charge in [-0.25, -0.2) is 0 Å². The number of para-hydroxylation sites is 6. The quantitative estimate of drug-likeness (QED) is 0.101. The summed E-state index contributed by atoms with van der Waals surface area (Å²) in [5.41, 5.74) is 19.5. The van der Waals surface area contributed by atoms with E-state index >= 15 is 0 Å². The second-order valence-corrected chi connectivity index (χ2v) is 18.9. The van der Waals surface area contributed by atoms with Crippen molar-refractivity contribution >= 4 is 68.1 Å². The summed E-state index contributed by atoms with van der Waals surface area (Å²) >= 11 is 0. The molecule has 76 heavy (non-hydrogen) atoms. The fourth-order valence-electron chi connectivity index (χ4n) is 10.4. The van der Waals surface area contributed by atoms with Gasteiger partial charge in [0.25, 0.3) is 0 Å². The largest absolute Gasteiger partial charge is 0.334 e. The van der Waals surface area contributed by atoms with Crippen molar-refractivity contribution in [3.63, 3.8) is 0 Å². The lowest BCUT2D eigenvalue weighted by atomic mass is 9.95. The van der Waals surface area contributed by atoms with Gasteiger partial charge in [-0.3, -0.25) is 0 Å². The van der Waals surface area contributed by atoms with Gasteiger partial charge in [-0.15, -0.1) is 0 Å². The minimum atomic E-state index is 0.144. The monoisotopic (exact) mass is 976 g/mol. The van der Waals surface area contributed by atoms with E-state index in [0.29, 0.717) is 0 Å². The first-order valence-electron chi connectivity index (χ1n) is 26.1. The number of nitrogens with zero attached hydrogens (tertiary/aromatic N) is 4. The third-order valence-corrected chi connectivity index (χ3v) is 14.2. The maximum atomic E-state index is 2.46. The average molecular weight is 977 g/mol. The molecule has 0 spiro atoms. The highest BCUT2D eigenvalue weighted by Gasteiger charge is 2.22. The Kier molecular flexibility index (Phi) is 13.7. The Balaban J connectivity index is 0.753. The molecule has 0 heterocycles. The minimum Gasteiger partial charge on any atom is -0.334 e. The van der Waals surface area contributed by atoms with E-state index in [1.54, 1.807) is 0 Å². The van der Waals surface area contributed by atoms with Gasteiger partial charge in [0.05, 0.1) is 6.04 Å². The fourth-order valence-corrected chi connectivity index (χ4v) is 10.4. The Labute approximate surface area is 447 Å². The Morgan fingerprint density at radius 2 is 0.447 bits per heavy atom. The van der Waals surface area contributed by atoms with Crippen molar-refractivity contribution in [2.24, 2.45) is 0 Å². The van der Waals surface area contributed by atoms with E-state index in [4.69, 9.17) is 0 Å². The maximum absolute atomic E-state index is 2.46. The molecule has 1 aliphatic carbocycles. The van der Waals surface area contributed by atoms with Crippen molar-refractivity contribution in [2.75, 3.05) is 19.6 Å². The van der Waals surface area contributed by atoms with E-state index in [-0.39, 0.29) is 6.04 Å². The molecule has 11 aromatic carbocycles. The summed E-state index contributed by atoms with van der Waals surface area (Å²) in [7, 11) is 0. The molecule has 0 aliphatic heterocycles. The zero-order chi connectivity index (χ0) is 50.9. The van der Waals surface area contributed by atoms with Crippen LogP contribution < -0.4 is 19.6 Å². The van der Waals surface area contributed by atoms with Gasteiger partial charge in [-0.2, -0.15) is 0 Å². The normalized spacial score (nSPS) is 12.8. The zero-order valence-corrected chi connectivity index (χ0v) is 42.2. The van der Waals surface area contributed by atoms with Crippen LogP contribution in [-0.4, -0.2) is 6.04 Å². The van der Waals surface area contributed by atoms with E-state index in [1.165, 1.54) is 39.1 Å². The smallest absolute Gasteiger partial charge is 0.0560 e. The molecule has 1 aliphatic rings. The van der Waals surface area contributed by atoms with Gasteiger partial charge in [0, 0.05) is 62.6 Å². The van der Waals surface area contributed by atoms with Gasteiger partial charge >= 0.3 is 0 Å². The van der Waals surface area contributed by atoms with Crippen LogP contribution in [0.15, 0.2) is 322 Å². The van der Waals surface area contributed by atoms with Crippen molar-refractivity contribution in [1.29, 1.82) is 0 Å². The van der Waals surface area contributed by atoms with Gasteiger partial charge in [0.15, 0.2) is 0 Å². The summed E-state index contributed by atoms with van der Waals surface area (Å²) in [4.78, 5) is 9.38. The summed E-state index contributed by atoms with van der Waals surface area (Å²) in [6.45, 7) is 0. The van der Waals surface area contributed by atoms with Crippen LogP contribution in [0.25, 0.3) is 27.8 Å². The van der Waals surface area contributed by atoms with Crippen LogP contribution in [-0.2, 0) is 0 Å². The van der Waals surface area contributed by atoms with Crippen molar-refractivity contribution in [1.82, 2.24) is 0 Å². The predicted molar refractivity (Wildman–Crippen MR) is 322 cm³/mol. The van der Waals surface area contributed by atoms with Crippen molar-refractivity contribution in [3.8, 4) is 22.3 Å².